The Morgan fingerprint density at radius 2 is 1.88 bits per heavy atom. The lowest BCUT2D eigenvalue weighted by Crippen LogP contribution is -2.05. The number of nitrogens with two attached hydrogens (primary N) is 1. The molecule has 0 aliphatic rings. The average molecular weight is 222 g/mol. The van der Waals surface area contributed by atoms with Crippen LogP contribution in [0.5, 0.6) is 11.5 Å². The van der Waals surface area contributed by atoms with Gasteiger partial charge in [-0.1, -0.05) is 6.08 Å². The van der Waals surface area contributed by atoms with Crippen molar-refractivity contribution < 1.29 is 10.8 Å². The second-order valence-corrected chi connectivity index (χ2v) is 3.41. The normalized spacial score (nSPS) is 12.8. The van der Waals surface area contributed by atoms with E-state index in [2.05, 4.69) is 6.58 Å². The van der Waals surface area contributed by atoms with E-state index in [1.807, 2.05) is 18.2 Å². The summed E-state index contributed by atoms with van der Waals surface area (Å²) in [6.07, 6.45) is 2.97. The van der Waals surface area contributed by atoms with Crippen LogP contribution in [-0.2, 0) is 12.8 Å². The fourth-order valence-corrected chi connectivity index (χ4v) is 1.63. The molecule has 1 atom stereocenters. The maximum absolute atomic E-state index is 7.41. The lowest BCUT2D eigenvalue weighted by atomic mass is 10.0. The van der Waals surface area contributed by atoms with Crippen molar-refractivity contribution in [2.45, 2.75) is 12.8 Å². The molecule has 1 aromatic carbocycles. The highest BCUT2D eigenvalue weighted by Crippen LogP contribution is 2.29. The summed E-state index contributed by atoms with van der Waals surface area (Å²) in [6.45, 7) is 3.06. The number of rotatable bonds is 6. The van der Waals surface area contributed by atoms with Gasteiger partial charge in [0.2, 0.25) is 0 Å². The molecule has 0 heterocycles. The van der Waals surface area contributed by atoms with Crippen LogP contribution in [0.15, 0.2) is 24.8 Å². The molecule has 0 amide bonds. The van der Waals surface area contributed by atoms with E-state index in [0.29, 0.717) is 12.8 Å². The van der Waals surface area contributed by atoms with Crippen LogP contribution in [0.25, 0.3) is 0 Å². The molecule has 0 spiro atoms. The number of hydrogen-bond acceptors (Lipinski definition) is 3. The van der Waals surface area contributed by atoms with Crippen LogP contribution < -0.4 is 15.2 Å². The predicted octanol–water partition coefficient (Wildman–Crippen LogP) is 1.93. The Labute approximate surface area is 98.3 Å². The Hall–Kier alpha value is -1.48. The smallest absolute Gasteiger partial charge is 0.122 e. The van der Waals surface area contributed by atoms with Gasteiger partial charge in [-0.3, -0.25) is 0 Å². The van der Waals surface area contributed by atoms with Gasteiger partial charge in [0, 0.05) is 6.93 Å². The van der Waals surface area contributed by atoms with Gasteiger partial charge in [0.1, 0.15) is 11.5 Å². The topological polar surface area (TPSA) is 44.5 Å². The molecule has 0 bridgehead atoms. The molecule has 0 saturated carbocycles. The number of benzene rings is 1. The Kier molecular flexibility index (Phi) is 4.26. The highest BCUT2D eigenvalue weighted by atomic mass is 16.5. The van der Waals surface area contributed by atoms with Crippen molar-refractivity contribution in [2.75, 3.05) is 20.7 Å². The SMILES string of the molecule is [2H]C(N)Cc1cc(OC)c(CC=C)cc1OC. The minimum Gasteiger partial charge on any atom is -0.496 e. The van der Waals surface area contributed by atoms with Crippen molar-refractivity contribution in [3.63, 3.8) is 0 Å². The van der Waals surface area contributed by atoms with E-state index < -0.39 is 6.52 Å². The van der Waals surface area contributed by atoms with Crippen molar-refractivity contribution in [3.05, 3.63) is 35.9 Å². The highest BCUT2D eigenvalue weighted by Gasteiger charge is 2.09. The first-order valence-corrected chi connectivity index (χ1v) is 5.14. The third-order valence-corrected chi connectivity index (χ3v) is 2.39. The number of aryl methyl sites for hydroxylation is 1. The van der Waals surface area contributed by atoms with Gasteiger partial charge in [0.05, 0.1) is 14.2 Å². The molecule has 1 rings (SSSR count). The highest BCUT2D eigenvalue weighted by molar-refractivity contribution is 5.47. The van der Waals surface area contributed by atoms with Gasteiger partial charge in [-0.05, 0) is 37.1 Å². The van der Waals surface area contributed by atoms with Crippen LogP contribution in [0, 0.1) is 0 Å². The van der Waals surface area contributed by atoms with Crippen LogP contribution >= 0.6 is 0 Å². The first-order chi connectivity index (χ1) is 8.12. The summed E-state index contributed by atoms with van der Waals surface area (Å²) in [5, 5.41) is 0. The Bertz CT molecular complexity index is 391. The molecular formula is C13H19NO2. The molecule has 0 fully saturated rings. The largest absolute Gasteiger partial charge is 0.496 e. The van der Waals surface area contributed by atoms with Crippen LogP contribution in [-0.4, -0.2) is 20.7 Å². The second kappa shape index (κ2) is 6.18. The van der Waals surface area contributed by atoms with Gasteiger partial charge >= 0.3 is 0 Å². The molecule has 88 valence electrons. The average Bonchev–Trinajstić information content (AvgIpc) is 2.30. The van der Waals surface area contributed by atoms with Crippen LogP contribution in [0.4, 0.5) is 0 Å². The molecule has 1 unspecified atom stereocenters. The summed E-state index contributed by atoms with van der Waals surface area (Å²) in [4.78, 5) is 0. The minimum atomic E-state index is -0.654. The summed E-state index contributed by atoms with van der Waals surface area (Å²) in [5.74, 6) is 1.52. The van der Waals surface area contributed by atoms with Gasteiger partial charge in [0.15, 0.2) is 0 Å². The van der Waals surface area contributed by atoms with E-state index >= 15 is 0 Å². The molecule has 0 aliphatic carbocycles. The zero-order valence-electron chi connectivity index (χ0n) is 10.8. The monoisotopic (exact) mass is 222 g/mol. The van der Waals surface area contributed by atoms with Crippen LogP contribution in [0.1, 0.15) is 12.5 Å². The molecule has 0 aromatic heterocycles. The quantitative estimate of drug-likeness (QED) is 0.748. The standard InChI is InChI=1S/C13H19NO2/c1-4-5-10-8-13(16-3)11(6-7-14)9-12(10)15-2/h4,8-9H,1,5-7,14H2,2-3H3/i7D. The molecule has 0 saturated heterocycles. The molecule has 0 radical (unpaired) electrons. The zero-order chi connectivity index (χ0) is 12.8. The fourth-order valence-electron chi connectivity index (χ4n) is 1.63. The Morgan fingerprint density at radius 3 is 2.38 bits per heavy atom. The molecule has 16 heavy (non-hydrogen) atoms. The van der Waals surface area contributed by atoms with Gasteiger partial charge in [-0.2, -0.15) is 0 Å². The first-order valence-electron chi connectivity index (χ1n) is 5.72. The summed E-state index contributed by atoms with van der Waals surface area (Å²) in [5.41, 5.74) is 7.39. The maximum Gasteiger partial charge on any atom is 0.122 e. The molecule has 1 aromatic rings. The maximum atomic E-state index is 7.41. The molecule has 0 aliphatic heterocycles. The first kappa shape index (κ1) is 11.0. The van der Waals surface area contributed by atoms with E-state index in [1.165, 1.54) is 0 Å². The van der Waals surface area contributed by atoms with Gasteiger partial charge in [-0.25, -0.2) is 0 Å². The van der Waals surface area contributed by atoms with E-state index in [1.54, 1.807) is 14.2 Å². The van der Waals surface area contributed by atoms with E-state index in [9.17, 15) is 0 Å². The third kappa shape index (κ3) is 2.76. The summed E-state index contributed by atoms with van der Waals surface area (Å²) in [6, 6.07) is 3.80. The molecule has 2 N–H and O–H groups in total. The van der Waals surface area contributed by atoms with Crippen molar-refractivity contribution in [1.29, 1.82) is 0 Å². The zero-order valence-corrected chi connectivity index (χ0v) is 9.82. The number of hydrogen-bond donors (Lipinski definition) is 1. The van der Waals surface area contributed by atoms with Crippen molar-refractivity contribution in [1.82, 2.24) is 0 Å². The van der Waals surface area contributed by atoms with Crippen molar-refractivity contribution in [2.24, 2.45) is 5.73 Å². The van der Waals surface area contributed by atoms with Crippen molar-refractivity contribution >= 4 is 0 Å². The number of ether oxygens (including phenoxy) is 2. The summed E-state index contributed by atoms with van der Waals surface area (Å²) < 4.78 is 18.0. The van der Waals surface area contributed by atoms with E-state index in [0.717, 1.165) is 22.6 Å². The number of methoxy groups -OCH3 is 2. The molecule has 3 heteroatoms. The molecular weight excluding hydrogens is 202 g/mol. The minimum absolute atomic E-state index is 0.438. The Balaban J connectivity index is 3.17. The predicted molar refractivity (Wildman–Crippen MR) is 66.2 cm³/mol. The van der Waals surface area contributed by atoms with E-state index in [4.69, 9.17) is 16.6 Å². The van der Waals surface area contributed by atoms with Crippen LogP contribution in [0.2, 0.25) is 0 Å². The van der Waals surface area contributed by atoms with Gasteiger partial charge < -0.3 is 15.2 Å². The third-order valence-electron chi connectivity index (χ3n) is 2.39. The van der Waals surface area contributed by atoms with Crippen LogP contribution in [0.3, 0.4) is 0 Å². The van der Waals surface area contributed by atoms with Gasteiger partial charge in [-0.15, -0.1) is 6.58 Å². The lowest BCUT2D eigenvalue weighted by Gasteiger charge is -2.13. The molecule has 3 nitrogen and oxygen atoms in total. The Morgan fingerprint density at radius 1 is 1.31 bits per heavy atom. The van der Waals surface area contributed by atoms with Crippen molar-refractivity contribution in [3.8, 4) is 11.5 Å². The van der Waals surface area contributed by atoms with E-state index in [-0.39, 0.29) is 0 Å². The number of allylic oxidation sites excluding steroid dienone is 1. The van der Waals surface area contributed by atoms with Gasteiger partial charge in [0.25, 0.3) is 0 Å². The fraction of sp³-hybridized carbons (Fsp3) is 0.385. The lowest BCUT2D eigenvalue weighted by molar-refractivity contribution is 0.395. The second-order valence-electron chi connectivity index (χ2n) is 3.41. The summed E-state index contributed by atoms with van der Waals surface area (Å²) >= 11 is 0. The summed E-state index contributed by atoms with van der Waals surface area (Å²) in [7, 11) is 3.23.